The predicted molar refractivity (Wildman–Crippen MR) is 91.8 cm³/mol. The number of hydrogen-bond acceptors (Lipinski definition) is 3. The van der Waals surface area contributed by atoms with E-state index in [1.54, 1.807) is 7.11 Å². The zero-order chi connectivity index (χ0) is 15.4. The molecular weight excluding hydrogens is 398 g/mol. The van der Waals surface area contributed by atoms with E-state index in [9.17, 15) is 0 Å². The summed E-state index contributed by atoms with van der Waals surface area (Å²) in [7, 11) is 1.65. The van der Waals surface area contributed by atoms with Crippen LogP contribution in [0.3, 0.4) is 0 Å². The van der Waals surface area contributed by atoms with Gasteiger partial charge in [0.15, 0.2) is 0 Å². The number of nitrogens with two attached hydrogens (primary N) is 1. The summed E-state index contributed by atoms with van der Waals surface area (Å²) >= 11 is 6.93. The van der Waals surface area contributed by atoms with Crippen LogP contribution in [0.5, 0.6) is 11.5 Å². The second kappa shape index (κ2) is 7.29. The zero-order valence-electron chi connectivity index (χ0n) is 11.9. The topological polar surface area (TPSA) is 44.5 Å². The van der Waals surface area contributed by atoms with E-state index in [-0.39, 0.29) is 6.04 Å². The number of halogens is 2. The van der Waals surface area contributed by atoms with E-state index in [4.69, 9.17) is 15.2 Å². The molecule has 0 aliphatic carbocycles. The van der Waals surface area contributed by atoms with Crippen molar-refractivity contribution in [1.82, 2.24) is 0 Å². The second-order valence-electron chi connectivity index (χ2n) is 4.73. The summed E-state index contributed by atoms with van der Waals surface area (Å²) < 4.78 is 13.0. The van der Waals surface area contributed by atoms with Crippen LogP contribution in [0.25, 0.3) is 0 Å². The average Bonchev–Trinajstić information content (AvgIpc) is 2.45. The molecule has 0 saturated carbocycles. The van der Waals surface area contributed by atoms with Gasteiger partial charge in [0.2, 0.25) is 0 Å². The highest BCUT2D eigenvalue weighted by Gasteiger charge is 2.09. The van der Waals surface area contributed by atoms with Crippen LogP contribution in [0.4, 0.5) is 0 Å². The predicted octanol–water partition coefficient (Wildman–Crippen LogP) is 4.82. The van der Waals surface area contributed by atoms with Gasteiger partial charge in [-0.3, -0.25) is 0 Å². The summed E-state index contributed by atoms with van der Waals surface area (Å²) in [4.78, 5) is 0. The molecule has 5 heteroatoms. The summed E-state index contributed by atoms with van der Waals surface area (Å²) in [6.07, 6.45) is 0. The average molecular weight is 415 g/mol. The first-order valence-corrected chi connectivity index (χ1v) is 8.10. The largest absolute Gasteiger partial charge is 0.496 e. The molecule has 1 atom stereocenters. The molecule has 0 bridgehead atoms. The normalized spacial score (nSPS) is 12.0. The van der Waals surface area contributed by atoms with Gasteiger partial charge in [-0.2, -0.15) is 0 Å². The van der Waals surface area contributed by atoms with E-state index in [1.807, 2.05) is 43.3 Å². The van der Waals surface area contributed by atoms with Gasteiger partial charge >= 0.3 is 0 Å². The molecule has 112 valence electrons. The molecule has 0 radical (unpaired) electrons. The van der Waals surface area contributed by atoms with Crippen molar-refractivity contribution >= 4 is 31.9 Å². The summed E-state index contributed by atoms with van der Waals surface area (Å²) in [6.45, 7) is 2.42. The number of hydrogen-bond donors (Lipinski definition) is 1. The van der Waals surface area contributed by atoms with E-state index < -0.39 is 0 Å². The summed E-state index contributed by atoms with van der Waals surface area (Å²) in [6, 6.07) is 11.7. The number of methoxy groups -OCH3 is 1. The lowest BCUT2D eigenvalue weighted by molar-refractivity contribution is 0.301. The fraction of sp³-hybridized carbons (Fsp3) is 0.250. The van der Waals surface area contributed by atoms with Crippen LogP contribution in [-0.2, 0) is 6.61 Å². The lowest BCUT2D eigenvalue weighted by Gasteiger charge is -2.15. The van der Waals surface area contributed by atoms with E-state index in [0.29, 0.717) is 6.61 Å². The zero-order valence-corrected chi connectivity index (χ0v) is 15.1. The van der Waals surface area contributed by atoms with E-state index in [2.05, 4.69) is 31.9 Å². The van der Waals surface area contributed by atoms with Crippen molar-refractivity contribution in [1.29, 1.82) is 0 Å². The van der Waals surface area contributed by atoms with Gasteiger partial charge in [0, 0.05) is 16.1 Å². The van der Waals surface area contributed by atoms with Gasteiger partial charge in [0.05, 0.1) is 11.6 Å². The monoisotopic (exact) mass is 413 g/mol. The molecule has 2 rings (SSSR count). The molecule has 0 saturated heterocycles. The minimum absolute atomic E-state index is 0.0734. The fourth-order valence-electron chi connectivity index (χ4n) is 1.97. The van der Waals surface area contributed by atoms with Crippen molar-refractivity contribution in [2.24, 2.45) is 5.73 Å². The third kappa shape index (κ3) is 4.22. The fourth-order valence-corrected chi connectivity index (χ4v) is 2.90. The van der Waals surface area contributed by atoms with Crippen molar-refractivity contribution in [3.63, 3.8) is 0 Å². The van der Waals surface area contributed by atoms with Gasteiger partial charge in [-0.15, -0.1) is 0 Å². The molecule has 0 aliphatic rings. The highest BCUT2D eigenvalue weighted by molar-refractivity contribution is 9.10. The van der Waals surface area contributed by atoms with Crippen LogP contribution in [0.2, 0.25) is 0 Å². The van der Waals surface area contributed by atoms with Crippen molar-refractivity contribution in [3.05, 3.63) is 56.5 Å². The van der Waals surface area contributed by atoms with Crippen LogP contribution < -0.4 is 15.2 Å². The lowest BCUT2D eigenvalue weighted by Crippen LogP contribution is -2.08. The molecule has 21 heavy (non-hydrogen) atoms. The van der Waals surface area contributed by atoms with E-state index in [1.165, 1.54) is 0 Å². The molecule has 0 amide bonds. The minimum atomic E-state index is -0.0734. The van der Waals surface area contributed by atoms with Gasteiger partial charge in [-0.05, 0) is 52.7 Å². The summed E-state index contributed by atoms with van der Waals surface area (Å²) in [5, 5.41) is 0. The Bertz CT molecular complexity index is 630. The molecule has 3 nitrogen and oxygen atoms in total. The molecule has 0 unspecified atom stereocenters. The highest BCUT2D eigenvalue weighted by Crippen LogP contribution is 2.30. The maximum atomic E-state index is 5.98. The van der Waals surface area contributed by atoms with Crippen molar-refractivity contribution < 1.29 is 9.47 Å². The van der Waals surface area contributed by atoms with Crippen LogP contribution in [-0.4, -0.2) is 7.11 Å². The molecule has 0 heterocycles. The Hall–Kier alpha value is -1.04. The first-order valence-electron chi connectivity index (χ1n) is 6.51. The molecule has 2 N–H and O–H groups in total. The Labute approximate surface area is 141 Å². The smallest absolute Gasteiger partial charge is 0.133 e. The Kier molecular flexibility index (Phi) is 5.67. The maximum absolute atomic E-state index is 5.98. The van der Waals surface area contributed by atoms with Gasteiger partial charge in [-0.1, -0.05) is 28.1 Å². The second-order valence-corrected chi connectivity index (χ2v) is 6.50. The first kappa shape index (κ1) is 16.3. The summed E-state index contributed by atoms with van der Waals surface area (Å²) in [5.74, 6) is 1.60. The Balaban J connectivity index is 2.16. The van der Waals surface area contributed by atoms with Gasteiger partial charge in [0.1, 0.15) is 18.1 Å². The van der Waals surface area contributed by atoms with Crippen molar-refractivity contribution in [3.8, 4) is 11.5 Å². The van der Waals surface area contributed by atoms with Gasteiger partial charge in [0.25, 0.3) is 0 Å². The number of ether oxygens (including phenoxy) is 2. The standard InChI is InChI=1S/C16H17Br2NO2/c1-10(19)13-5-4-12(17)8-16(13)21-9-11-3-6-15(20-2)14(18)7-11/h3-8,10H,9,19H2,1-2H3/t10-/m1/s1. The molecule has 2 aromatic rings. The Morgan fingerprint density at radius 3 is 2.48 bits per heavy atom. The quantitative estimate of drug-likeness (QED) is 0.762. The van der Waals surface area contributed by atoms with E-state index in [0.717, 1.165) is 31.6 Å². The van der Waals surface area contributed by atoms with Crippen LogP contribution in [0, 0.1) is 0 Å². The maximum Gasteiger partial charge on any atom is 0.133 e. The molecule has 0 spiro atoms. The third-order valence-electron chi connectivity index (χ3n) is 3.08. The third-order valence-corrected chi connectivity index (χ3v) is 4.19. The molecule has 0 fully saturated rings. The molecular formula is C16H17Br2NO2. The summed E-state index contributed by atoms with van der Waals surface area (Å²) in [5.41, 5.74) is 8.02. The van der Waals surface area contributed by atoms with Crippen LogP contribution in [0.1, 0.15) is 24.1 Å². The van der Waals surface area contributed by atoms with Gasteiger partial charge < -0.3 is 15.2 Å². The first-order chi connectivity index (χ1) is 10.0. The Morgan fingerprint density at radius 2 is 1.86 bits per heavy atom. The van der Waals surface area contributed by atoms with Crippen LogP contribution >= 0.6 is 31.9 Å². The molecule has 0 aromatic heterocycles. The van der Waals surface area contributed by atoms with Crippen molar-refractivity contribution in [2.75, 3.05) is 7.11 Å². The van der Waals surface area contributed by atoms with E-state index >= 15 is 0 Å². The SMILES string of the molecule is COc1ccc(COc2cc(Br)ccc2[C@@H](C)N)cc1Br. The van der Waals surface area contributed by atoms with Crippen molar-refractivity contribution in [2.45, 2.75) is 19.6 Å². The highest BCUT2D eigenvalue weighted by atomic mass is 79.9. The minimum Gasteiger partial charge on any atom is -0.496 e. The number of rotatable bonds is 5. The molecule has 0 aliphatic heterocycles. The van der Waals surface area contributed by atoms with Gasteiger partial charge in [-0.25, -0.2) is 0 Å². The van der Waals surface area contributed by atoms with Crippen LogP contribution in [0.15, 0.2) is 45.3 Å². The Morgan fingerprint density at radius 1 is 1.10 bits per heavy atom. The lowest BCUT2D eigenvalue weighted by atomic mass is 10.1. The molecule has 2 aromatic carbocycles. The number of benzene rings is 2.